The van der Waals surface area contributed by atoms with Gasteiger partial charge in [0.25, 0.3) is 0 Å². The second kappa shape index (κ2) is 13.9. The smallest absolute Gasteiger partial charge is 0.160 e. The summed E-state index contributed by atoms with van der Waals surface area (Å²) < 4.78 is 0. The molecule has 0 saturated carbocycles. The largest absolute Gasteiger partial charge is 0.228 e. The van der Waals surface area contributed by atoms with Crippen molar-refractivity contribution in [2.75, 3.05) is 0 Å². The molecular formula is C58H36N2. The van der Waals surface area contributed by atoms with Gasteiger partial charge in [0.05, 0.1) is 11.4 Å². The fourth-order valence-corrected chi connectivity index (χ4v) is 9.50. The van der Waals surface area contributed by atoms with Crippen LogP contribution in [0.3, 0.4) is 0 Å². The summed E-state index contributed by atoms with van der Waals surface area (Å²) in [7, 11) is 0. The van der Waals surface area contributed by atoms with Crippen LogP contribution in [0.2, 0.25) is 0 Å². The number of benzene rings is 10. The van der Waals surface area contributed by atoms with Gasteiger partial charge in [-0.05, 0) is 99.0 Å². The Morgan fingerprint density at radius 2 is 0.667 bits per heavy atom. The van der Waals surface area contributed by atoms with Gasteiger partial charge in [-0.3, -0.25) is 0 Å². The zero-order valence-electron chi connectivity index (χ0n) is 32.7. The number of aromatic nitrogens is 2. The van der Waals surface area contributed by atoms with E-state index in [4.69, 9.17) is 9.97 Å². The summed E-state index contributed by atoms with van der Waals surface area (Å²) in [6, 6.07) is 78.9. The zero-order valence-corrected chi connectivity index (χ0v) is 32.7. The van der Waals surface area contributed by atoms with Crippen molar-refractivity contribution in [3.63, 3.8) is 0 Å². The Morgan fingerprint density at radius 3 is 1.30 bits per heavy atom. The first-order valence-corrected chi connectivity index (χ1v) is 20.6. The van der Waals surface area contributed by atoms with Gasteiger partial charge < -0.3 is 0 Å². The Balaban J connectivity index is 1.03. The Kier molecular flexibility index (Phi) is 7.89. The summed E-state index contributed by atoms with van der Waals surface area (Å²) in [5.41, 5.74) is 9.74. The molecule has 0 fully saturated rings. The number of fused-ring (bicyclic) bond motifs is 6. The van der Waals surface area contributed by atoms with Gasteiger partial charge in [-0.1, -0.05) is 206 Å². The van der Waals surface area contributed by atoms with Crippen molar-refractivity contribution in [1.82, 2.24) is 9.97 Å². The first-order valence-electron chi connectivity index (χ1n) is 20.6. The molecule has 12 rings (SSSR count). The normalized spacial score (nSPS) is 11.7. The molecule has 0 atom stereocenters. The first kappa shape index (κ1) is 34.1. The van der Waals surface area contributed by atoms with Crippen molar-refractivity contribution in [2.45, 2.75) is 0 Å². The molecule has 60 heavy (non-hydrogen) atoms. The molecule has 2 nitrogen and oxygen atoms in total. The van der Waals surface area contributed by atoms with Crippen molar-refractivity contribution < 1.29 is 0 Å². The van der Waals surface area contributed by atoms with E-state index in [1.165, 1.54) is 81.3 Å². The molecule has 2 heteroatoms. The molecule has 11 aromatic carbocycles. The van der Waals surface area contributed by atoms with Gasteiger partial charge in [-0.15, -0.1) is 0 Å². The lowest BCUT2D eigenvalue weighted by Gasteiger charge is -2.18. The maximum Gasteiger partial charge on any atom is 0.160 e. The second-order valence-electron chi connectivity index (χ2n) is 15.6. The zero-order chi connectivity index (χ0) is 39.6. The highest BCUT2D eigenvalue weighted by atomic mass is 14.9. The van der Waals surface area contributed by atoms with Gasteiger partial charge in [0, 0.05) is 16.7 Å². The Labute approximate surface area is 347 Å². The van der Waals surface area contributed by atoms with Crippen LogP contribution in [-0.4, -0.2) is 9.97 Å². The van der Waals surface area contributed by atoms with Crippen molar-refractivity contribution in [3.8, 4) is 56.2 Å². The molecule has 0 aliphatic rings. The fourth-order valence-electron chi connectivity index (χ4n) is 9.50. The van der Waals surface area contributed by atoms with Crippen LogP contribution in [0, 0.1) is 0 Å². The van der Waals surface area contributed by atoms with E-state index in [9.17, 15) is 0 Å². The summed E-state index contributed by atoms with van der Waals surface area (Å²) in [5, 5.41) is 15.2. The van der Waals surface area contributed by atoms with E-state index in [1.807, 2.05) is 24.3 Å². The summed E-state index contributed by atoms with van der Waals surface area (Å²) in [4.78, 5) is 10.1. The average molecular weight is 761 g/mol. The SMILES string of the molecule is c1ccc(-c2cc(-c3ccc(-c4ccc(-c5cc6cccc7c8ccccc8c8ccccc8c8cccc5c8c67)c5ccccc45)cc3)nc(-c3ccccc3)n2)cc1. The highest BCUT2D eigenvalue weighted by Crippen LogP contribution is 2.46. The lowest BCUT2D eigenvalue weighted by Crippen LogP contribution is -1.95. The van der Waals surface area contributed by atoms with Crippen LogP contribution in [0.4, 0.5) is 0 Å². The summed E-state index contributed by atoms with van der Waals surface area (Å²) in [6.45, 7) is 0. The lowest BCUT2D eigenvalue weighted by molar-refractivity contribution is 1.18. The number of hydrogen-bond acceptors (Lipinski definition) is 2. The van der Waals surface area contributed by atoms with Gasteiger partial charge in [0.1, 0.15) is 0 Å². The minimum Gasteiger partial charge on any atom is -0.228 e. The molecule has 0 saturated heterocycles. The molecule has 0 aliphatic carbocycles. The van der Waals surface area contributed by atoms with E-state index in [0.29, 0.717) is 5.82 Å². The van der Waals surface area contributed by atoms with Crippen LogP contribution in [0.5, 0.6) is 0 Å². The van der Waals surface area contributed by atoms with Crippen LogP contribution in [0.1, 0.15) is 0 Å². The average Bonchev–Trinajstić information content (AvgIpc) is 3.33. The molecule has 0 unspecified atom stereocenters. The van der Waals surface area contributed by atoms with Crippen molar-refractivity contribution in [1.29, 1.82) is 0 Å². The minimum atomic E-state index is 0.716. The molecule has 278 valence electrons. The monoisotopic (exact) mass is 760 g/mol. The van der Waals surface area contributed by atoms with Crippen LogP contribution in [-0.2, 0) is 0 Å². The highest BCUT2D eigenvalue weighted by molar-refractivity contribution is 6.34. The van der Waals surface area contributed by atoms with Gasteiger partial charge in [-0.25, -0.2) is 9.97 Å². The van der Waals surface area contributed by atoms with Crippen molar-refractivity contribution >= 4 is 64.6 Å². The van der Waals surface area contributed by atoms with Crippen molar-refractivity contribution in [2.24, 2.45) is 0 Å². The maximum atomic E-state index is 5.08. The van der Waals surface area contributed by atoms with E-state index < -0.39 is 0 Å². The van der Waals surface area contributed by atoms with Crippen LogP contribution < -0.4 is 0 Å². The van der Waals surface area contributed by atoms with E-state index in [-0.39, 0.29) is 0 Å². The highest BCUT2D eigenvalue weighted by Gasteiger charge is 2.18. The number of nitrogens with zero attached hydrogens (tertiary/aromatic N) is 2. The Hall–Kier alpha value is -7.94. The lowest BCUT2D eigenvalue weighted by atomic mass is 9.85. The third-order valence-corrected chi connectivity index (χ3v) is 12.3. The minimum absolute atomic E-state index is 0.716. The molecule has 0 N–H and O–H groups in total. The van der Waals surface area contributed by atoms with E-state index in [1.54, 1.807) is 0 Å². The predicted octanol–water partition coefficient (Wildman–Crippen LogP) is 15.7. The quantitative estimate of drug-likeness (QED) is 0.163. The second-order valence-corrected chi connectivity index (χ2v) is 15.6. The fraction of sp³-hybridized carbons (Fsp3) is 0. The summed E-state index contributed by atoms with van der Waals surface area (Å²) >= 11 is 0. The van der Waals surface area contributed by atoms with Crippen molar-refractivity contribution in [3.05, 3.63) is 218 Å². The topological polar surface area (TPSA) is 25.8 Å². The molecule has 12 aromatic rings. The van der Waals surface area contributed by atoms with Gasteiger partial charge >= 0.3 is 0 Å². The first-order chi connectivity index (χ1) is 29.8. The van der Waals surface area contributed by atoms with E-state index in [2.05, 4.69) is 194 Å². The third kappa shape index (κ3) is 5.50. The summed E-state index contributed by atoms with van der Waals surface area (Å²) in [5.74, 6) is 0.716. The predicted molar refractivity (Wildman–Crippen MR) is 254 cm³/mol. The summed E-state index contributed by atoms with van der Waals surface area (Å²) in [6.07, 6.45) is 0. The molecule has 0 radical (unpaired) electrons. The molecule has 0 aliphatic heterocycles. The van der Waals surface area contributed by atoms with Crippen LogP contribution in [0.15, 0.2) is 218 Å². The molecule has 0 bridgehead atoms. The van der Waals surface area contributed by atoms with Crippen LogP contribution >= 0.6 is 0 Å². The van der Waals surface area contributed by atoms with Gasteiger partial charge in [0.2, 0.25) is 0 Å². The van der Waals surface area contributed by atoms with Gasteiger partial charge in [-0.2, -0.15) is 0 Å². The molecule has 1 aromatic heterocycles. The third-order valence-electron chi connectivity index (χ3n) is 12.3. The Morgan fingerprint density at radius 1 is 0.233 bits per heavy atom. The maximum absolute atomic E-state index is 5.08. The van der Waals surface area contributed by atoms with E-state index >= 15 is 0 Å². The Bertz CT molecular complexity index is 3570. The van der Waals surface area contributed by atoms with Gasteiger partial charge in [0.15, 0.2) is 5.82 Å². The molecule has 1 heterocycles. The number of rotatable bonds is 5. The molecule has 0 spiro atoms. The van der Waals surface area contributed by atoms with E-state index in [0.717, 1.165) is 33.6 Å². The standard InChI is InChI=1S/C58H36N2/c1-3-15-38(16-4-1)54-36-55(60-58(59-54)40-17-5-2-6-18-40)39-31-29-37(30-32-39)42-33-34-49(44-21-8-7-20-43(42)44)53-35-41-19-13-26-50-47-24-11-9-22-45(47)46-23-10-12-25-48(46)51-27-14-28-52(53)57(51)56(41)50/h1-36H. The number of hydrogen-bond donors (Lipinski definition) is 0. The molecular weight excluding hydrogens is 725 g/mol. The van der Waals surface area contributed by atoms with Crippen LogP contribution in [0.25, 0.3) is 121 Å². The molecule has 0 amide bonds.